The molecular formula is C13H12ClFN2. The van der Waals surface area contributed by atoms with E-state index in [0.717, 1.165) is 5.56 Å². The molecule has 0 radical (unpaired) electrons. The van der Waals surface area contributed by atoms with E-state index in [0.29, 0.717) is 23.1 Å². The molecule has 2 rings (SSSR count). The van der Waals surface area contributed by atoms with E-state index in [1.807, 2.05) is 18.2 Å². The van der Waals surface area contributed by atoms with Crippen LogP contribution in [0.5, 0.6) is 0 Å². The quantitative estimate of drug-likeness (QED) is 0.839. The van der Waals surface area contributed by atoms with Crippen molar-refractivity contribution in [1.82, 2.24) is 4.98 Å². The Morgan fingerprint density at radius 1 is 1.29 bits per heavy atom. The van der Waals surface area contributed by atoms with E-state index in [-0.39, 0.29) is 5.82 Å². The van der Waals surface area contributed by atoms with Crippen molar-refractivity contribution in [3.05, 3.63) is 58.5 Å². The summed E-state index contributed by atoms with van der Waals surface area (Å²) in [6, 6.07) is 10.4. The van der Waals surface area contributed by atoms with Crippen LogP contribution in [-0.4, -0.2) is 4.98 Å². The average molecular weight is 251 g/mol. The number of hydrogen-bond donors (Lipinski definition) is 1. The zero-order chi connectivity index (χ0) is 12.3. The summed E-state index contributed by atoms with van der Waals surface area (Å²) < 4.78 is 13.1. The highest BCUT2D eigenvalue weighted by atomic mass is 35.5. The number of anilines is 1. The maximum Gasteiger partial charge on any atom is 0.131 e. The molecule has 0 unspecified atom stereocenters. The van der Waals surface area contributed by atoms with Gasteiger partial charge in [-0.1, -0.05) is 29.8 Å². The predicted molar refractivity (Wildman–Crippen MR) is 67.7 cm³/mol. The molecule has 0 aliphatic heterocycles. The number of halogens is 2. The molecule has 0 aliphatic carbocycles. The van der Waals surface area contributed by atoms with Crippen molar-refractivity contribution >= 4 is 17.4 Å². The lowest BCUT2D eigenvalue weighted by atomic mass is 10.1. The molecule has 1 N–H and O–H groups in total. The largest absolute Gasteiger partial charge is 0.366 e. The van der Waals surface area contributed by atoms with Crippen molar-refractivity contribution in [2.45, 2.75) is 13.5 Å². The predicted octanol–water partition coefficient (Wildman–Crippen LogP) is 3.79. The standard InChI is InChI=1S/C13H12ClFN2/c1-9-7-10(5-6-11(9)15)8-16-13-4-2-3-12(14)17-13/h2-7H,8H2,1H3,(H,16,17). The van der Waals surface area contributed by atoms with Gasteiger partial charge in [-0.15, -0.1) is 0 Å². The molecule has 0 saturated carbocycles. The summed E-state index contributed by atoms with van der Waals surface area (Å²) in [7, 11) is 0. The van der Waals surface area contributed by atoms with Gasteiger partial charge in [-0.05, 0) is 36.2 Å². The van der Waals surface area contributed by atoms with Crippen molar-refractivity contribution in [2.24, 2.45) is 0 Å². The summed E-state index contributed by atoms with van der Waals surface area (Å²) in [5.41, 5.74) is 1.65. The van der Waals surface area contributed by atoms with Crippen molar-refractivity contribution in [2.75, 3.05) is 5.32 Å². The van der Waals surface area contributed by atoms with Gasteiger partial charge in [-0.3, -0.25) is 0 Å². The summed E-state index contributed by atoms with van der Waals surface area (Å²) in [6.07, 6.45) is 0. The minimum absolute atomic E-state index is 0.186. The SMILES string of the molecule is Cc1cc(CNc2cccc(Cl)n2)ccc1F. The highest BCUT2D eigenvalue weighted by Gasteiger charge is 2.00. The van der Waals surface area contributed by atoms with Crippen LogP contribution in [-0.2, 0) is 6.54 Å². The molecule has 0 aliphatic rings. The van der Waals surface area contributed by atoms with Gasteiger partial charge in [0, 0.05) is 6.54 Å². The highest BCUT2D eigenvalue weighted by molar-refractivity contribution is 6.29. The number of nitrogens with one attached hydrogen (secondary N) is 1. The van der Waals surface area contributed by atoms with E-state index in [2.05, 4.69) is 10.3 Å². The van der Waals surface area contributed by atoms with Crippen LogP contribution in [0, 0.1) is 12.7 Å². The third-order valence-corrected chi connectivity index (χ3v) is 2.62. The van der Waals surface area contributed by atoms with Gasteiger partial charge in [0.1, 0.15) is 16.8 Å². The smallest absolute Gasteiger partial charge is 0.131 e. The van der Waals surface area contributed by atoms with Crippen LogP contribution >= 0.6 is 11.6 Å². The number of nitrogens with zero attached hydrogens (tertiary/aromatic N) is 1. The van der Waals surface area contributed by atoms with Crippen LogP contribution < -0.4 is 5.32 Å². The lowest BCUT2D eigenvalue weighted by Gasteiger charge is -2.07. The van der Waals surface area contributed by atoms with Gasteiger partial charge in [-0.2, -0.15) is 0 Å². The second-order valence-corrected chi connectivity index (χ2v) is 4.17. The molecule has 2 nitrogen and oxygen atoms in total. The topological polar surface area (TPSA) is 24.9 Å². The molecular weight excluding hydrogens is 239 g/mol. The molecule has 0 saturated heterocycles. The molecule has 88 valence electrons. The maximum atomic E-state index is 13.1. The van der Waals surface area contributed by atoms with Gasteiger partial charge in [0.25, 0.3) is 0 Å². The molecule has 0 fully saturated rings. The van der Waals surface area contributed by atoms with Crippen LogP contribution in [0.25, 0.3) is 0 Å². The molecule has 1 aromatic carbocycles. The molecule has 0 amide bonds. The van der Waals surface area contributed by atoms with Crippen LogP contribution in [0.4, 0.5) is 10.2 Å². The number of aryl methyl sites for hydroxylation is 1. The Balaban J connectivity index is 2.05. The molecule has 1 heterocycles. The fourth-order valence-corrected chi connectivity index (χ4v) is 1.68. The van der Waals surface area contributed by atoms with Crippen molar-refractivity contribution < 1.29 is 4.39 Å². The normalized spacial score (nSPS) is 10.3. The monoisotopic (exact) mass is 250 g/mol. The van der Waals surface area contributed by atoms with Crippen LogP contribution in [0.1, 0.15) is 11.1 Å². The van der Waals surface area contributed by atoms with Gasteiger partial charge in [-0.25, -0.2) is 9.37 Å². The third-order valence-electron chi connectivity index (χ3n) is 2.41. The summed E-state index contributed by atoms with van der Waals surface area (Å²) in [6.45, 7) is 2.34. The van der Waals surface area contributed by atoms with Gasteiger partial charge < -0.3 is 5.32 Å². The zero-order valence-electron chi connectivity index (χ0n) is 9.37. The Morgan fingerprint density at radius 2 is 2.12 bits per heavy atom. The average Bonchev–Trinajstić information content (AvgIpc) is 2.31. The third kappa shape index (κ3) is 3.17. The number of aromatic nitrogens is 1. The molecule has 2 aromatic rings. The van der Waals surface area contributed by atoms with Crippen LogP contribution in [0.15, 0.2) is 36.4 Å². The summed E-state index contributed by atoms with van der Waals surface area (Å²) in [5.74, 6) is 0.522. The number of hydrogen-bond acceptors (Lipinski definition) is 2. The van der Waals surface area contributed by atoms with E-state index in [9.17, 15) is 4.39 Å². The first-order chi connectivity index (χ1) is 8.15. The first-order valence-corrected chi connectivity index (χ1v) is 5.64. The number of benzene rings is 1. The van der Waals surface area contributed by atoms with Crippen LogP contribution in [0.2, 0.25) is 5.15 Å². The Labute approximate surface area is 104 Å². The fourth-order valence-electron chi connectivity index (χ4n) is 1.52. The van der Waals surface area contributed by atoms with E-state index in [1.165, 1.54) is 6.07 Å². The summed E-state index contributed by atoms with van der Waals surface area (Å²) in [4.78, 5) is 4.11. The van der Waals surface area contributed by atoms with Crippen molar-refractivity contribution in [3.63, 3.8) is 0 Å². The maximum absolute atomic E-state index is 13.1. The second kappa shape index (κ2) is 5.15. The Kier molecular flexibility index (Phi) is 3.59. The minimum atomic E-state index is -0.186. The number of pyridine rings is 1. The Bertz CT molecular complexity index is 529. The van der Waals surface area contributed by atoms with E-state index < -0.39 is 0 Å². The first-order valence-electron chi connectivity index (χ1n) is 5.26. The molecule has 1 aromatic heterocycles. The van der Waals surface area contributed by atoms with Gasteiger partial charge >= 0.3 is 0 Å². The number of rotatable bonds is 3. The summed E-state index contributed by atoms with van der Waals surface area (Å²) >= 11 is 5.77. The lowest BCUT2D eigenvalue weighted by Crippen LogP contribution is -2.01. The second-order valence-electron chi connectivity index (χ2n) is 3.78. The Morgan fingerprint density at radius 3 is 2.82 bits per heavy atom. The lowest BCUT2D eigenvalue weighted by molar-refractivity contribution is 0.617. The molecule has 4 heteroatoms. The van der Waals surface area contributed by atoms with E-state index in [1.54, 1.807) is 19.1 Å². The van der Waals surface area contributed by atoms with E-state index in [4.69, 9.17) is 11.6 Å². The molecule has 0 bridgehead atoms. The van der Waals surface area contributed by atoms with E-state index >= 15 is 0 Å². The zero-order valence-corrected chi connectivity index (χ0v) is 10.1. The minimum Gasteiger partial charge on any atom is -0.366 e. The van der Waals surface area contributed by atoms with Crippen molar-refractivity contribution in [1.29, 1.82) is 0 Å². The Hall–Kier alpha value is -1.61. The molecule has 17 heavy (non-hydrogen) atoms. The van der Waals surface area contributed by atoms with Crippen molar-refractivity contribution in [3.8, 4) is 0 Å². The summed E-state index contributed by atoms with van der Waals surface area (Å²) in [5, 5.41) is 3.58. The molecule has 0 atom stereocenters. The van der Waals surface area contributed by atoms with Gasteiger partial charge in [0.2, 0.25) is 0 Å². The first kappa shape index (κ1) is 11.9. The van der Waals surface area contributed by atoms with Crippen LogP contribution in [0.3, 0.4) is 0 Å². The fraction of sp³-hybridized carbons (Fsp3) is 0.154. The highest BCUT2D eigenvalue weighted by Crippen LogP contribution is 2.13. The molecule has 0 spiro atoms. The van der Waals surface area contributed by atoms with Gasteiger partial charge in [0.05, 0.1) is 0 Å². The van der Waals surface area contributed by atoms with Gasteiger partial charge in [0.15, 0.2) is 0 Å².